The van der Waals surface area contributed by atoms with Crippen LogP contribution in [0.15, 0.2) is 119 Å². The van der Waals surface area contributed by atoms with Gasteiger partial charge in [-0.1, -0.05) is 48.6 Å². The second-order valence-electron chi connectivity index (χ2n) is 14.5. The molecule has 1 aliphatic rings. The van der Waals surface area contributed by atoms with Gasteiger partial charge in [-0.2, -0.15) is 53.6 Å². The molecule has 14 N–H and O–H groups in total. The van der Waals surface area contributed by atoms with Crippen molar-refractivity contribution < 1.29 is 101 Å². The molecule has 0 fully saturated rings. The number of carbonyl (C=O) groups is 5. The van der Waals surface area contributed by atoms with E-state index in [2.05, 4.69) is 94.8 Å². The molecule has 0 spiro atoms. The smallest absolute Gasteiger partial charge is 0.300 e. The van der Waals surface area contributed by atoms with E-state index in [0.29, 0.717) is 13.1 Å². The van der Waals surface area contributed by atoms with E-state index in [4.69, 9.17) is 61.0 Å². The number of hydrogen-bond donors (Lipinski definition) is 12. The minimum Gasteiger partial charge on any atom is -0.481 e. The number of isothiocyanates is 4. The fourth-order valence-electron chi connectivity index (χ4n) is 4.98. The Morgan fingerprint density at radius 2 is 0.795 bits per heavy atom. The third-order valence-corrected chi connectivity index (χ3v) is 11.9. The third kappa shape index (κ3) is 44.0. The first-order valence-electron chi connectivity index (χ1n) is 21.7. The number of nitrogens with one attached hydrogen (secondary N) is 1. The molecule has 3 aromatic carbocycles. The summed E-state index contributed by atoms with van der Waals surface area (Å²) in [6.45, 7) is 8.55. The van der Waals surface area contributed by atoms with E-state index in [9.17, 15) is 51.9 Å². The van der Waals surface area contributed by atoms with Gasteiger partial charge in [-0.15, -0.1) is 0 Å². The lowest BCUT2D eigenvalue weighted by Gasteiger charge is -2.19. The largest absolute Gasteiger partial charge is 0.481 e. The standard InChI is InChI=1S/C16H12N2O6S4.C16H10N2O6S4.C4H13N3.5C2H4O2/c2*19-27(20,21)15-7-13(17-9-25)5-3-11(15)1-2-12-4-6-14(18-10-26)8-16(12)28(22,23)24;5-1-3-7-4-2-6;5*1-2(3)4/h1-8,11,15H,(H,19,20,21)(H,22,23,24);1-8H,(H,19,20,21)(H,22,23,24);7H,1-6H2;5*1H3,(H,3,4). The molecule has 0 bridgehead atoms. The lowest BCUT2D eigenvalue weighted by Crippen LogP contribution is -2.27. The van der Waals surface area contributed by atoms with Crippen LogP contribution in [0.3, 0.4) is 0 Å². The minimum absolute atomic E-state index is 0.0492. The van der Waals surface area contributed by atoms with Crippen molar-refractivity contribution in [1.82, 2.24) is 5.32 Å². The molecule has 0 amide bonds. The van der Waals surface area contributed by atoms with Gasteiger partial charge in [-0.3, -0.25) is 42.2 Å². The summed E-state index contributed by atoms with van der Waals surface area (Å²) in [6, 6.07) is 11.6. The quantitative estimate of drug-likeness (QED) is 0.0262. The highest BCUT2D eigenvalue weighted by molar-refractivity contribution is 7.87. The number of nitrogens with zero attached hydrogens (tertiary/aromatic N) is 4. The van der Waals surface area contributed by atoms with E-state index >= 15 is 0 Å². The van der Waals surface area contributed by atoms with Crippen LogP contribution in [0.5, 0.6) is 0 Å². The van der Waals surface area contributed by atoms with Gasteiger partial charge < -0.3 is 42.3 Å². The van der Waals surface area contributed by atoms with E-state index in [1.165, 1.54) is 78.9 Å². The minimum atomic E-state index is -4.61. The average molecular weight is 1310 g/mol. The number of thiocarbonyl (C=S) groups is 4. The molecule has 0 heterocycles. The highest BCUT2D eigenvalue weighted by Crippen LogP contribution is 2.30. The second kappa shape index (κ2) is 43.4. The van der Waals surface area contributed by atoms with Crippen LogP contribution in [-0.4, -0.2) is 159 Å². The number of nitrogens with two attached hydrogens (primary N) is 2. The molecule has 2 unspecified atom stereocenters. The number of aliphatic carboxylic acids is 5. The van der Waals surface area contributed by atoms with Gasteiger partial charge >= 0.3 is 0 Å². The number of hydrogen-bond acceptors (Lipinski definition) is 24. The molecule has 1 aliphatic carbocycles. The molecule has 0 aromatic heterocycles. The van der Waals surface area contributed by atoms with E-state index in [-0.39, 0.29) is 39.4 Å². The summed E-state index contributed by atoms with van der Waals surface area (Å²) in [5.74, 6) is -4.99. The van der Waals surface area contributed by atoms with Crippen molar-refractivity contribution in [2.45, 2.75) is 54.6 Å². The topological polar surface area (TPSA) is 517 Å². The molecule has 0 saturated carbocycles. The Morgan fingerprint density at radius 3 is 1.04 bits per heavy atom. The van der Waals surface area contributed by atoms with E-state index in [1.54, 1.807) is 0 Å². The van der Waals surface area contributed by atoms with Crippen molar-refractivity contribution in [3.63, 3.8) is 0 Å². The zero-order valence-corrected chi connectivity index (χ0v) is 50.3. The molecule has 37 heteroatoms. The van der Waals surface area contributed by atoms with E-state index in [1.807, 2.05) is 0 Å². The normalized spacial score (nSPS) is 12.8. The van der Waals surface area contributed by atoms with Gasteiger partial charge in [0.25, 0.3) is 70.3 Å². The van der Waals surface area contributed by atoms with Crippen molar-refractivity contribution in [3.05, 3.63) is 101 Å². The molecular weight excluding hydrogens is 1260 g/mol. The first kappa shape index (κ1) is 82.2. The molecule has 0 radical (unpaired) electrons. The Kier molecular flexibility index (Phi) is 42.9. The van der Waals surface area contributed by atoms with Crippen LogP contribution in [0, 0.1) is 5.92 Å². The number of allylic oxidation sites excluding steroid dienone is 3. The van der Waals surface area contributed by atoms with Crippen molar-refractivity contribution in [1.29, 1.82) is 0 Å². The van der Waals surface area contributed by atoms with Gasteiger partial charge in [0.15, 0.2) is 0 Å². The lowest BCUT2D eigenvalue weighted by molar-refractivity contribution is -0.135. The summed E-state index contributed by atoms with van der Waals surface area (Å²) >= 11 is 17.8. The summed E-state index contributed by atoms with van der Waals surface area (Å²) in [4.78, 5) is 58.2. The second-order valence-corrected chi connectivity index (χ2v) is 21.0. The number of aliphatic imine (C=N–C) groups is 4. The van der Waals surface area contributed by atoms with Crippen molar-refractivity contribution in [2.24, 2.45) is 37.4 Å². The highest BCUT2D eigenvalue weighted by atomic mass is 32.2. The maximum Gasteiger partial charge on any atom is 0.300 e. The summed E-state index contributed by atoms with van der Waals surface area (Å²) in [7, 11) is -18.3. The summed E-state index contributed by atoms with van der Waals surface area (Å²) in [5, 5.41) is 47.1. The monoisotopic (exact) mass is 1310 g/mol. The van der Waals surface area contributed by atoms with Gasteiger partial charge in [0.05, 0.1) is 43.4 Å². The highest BCUT2D eigenvalue weighted by Gasteiger charge is 2.30. The fraction of sp³-hybridized carbons (Fsp3) is 0.239. The molecule has 4 rings (SSSR count). The average Bonchev–Trinajstić information content (AvgIpc) is 3.35. The van der Waals surface area contributed by atoms with E-state index in [0.717, 1.165) is 65.9 Å². The lowest BCUT2D eigenvalue weighted by atomic mass is 9.97. The first-order chi connectivity index (χ1) is 38.2. The van der Waals surface area contributed by atoms with Gasteiger partial charge in [-0.05, 0) is 114 Å². The van der Waals surface area contributed by atoms with E-state index < -0.39 is 96.2 Å². The molecule has 0 aliphatic heterocycles. The Labute approximate surface area is 498 Å². The van der Waals surface area contributed by atoms with Crippen molar-refractivity contribution in [3.8, 4) is 0 Å². The number of carboxylic acid groups (broad SMARTS) is 5. The molecule has 3 aromatic rings. The van der Waals surface area contributed by atoms with Crippen LogP contribution >= 0.6 is 48.9 Å². The SMILES string of the molecule is CC(=O)O.CC(=O)O.CC(=O)O.CC(=O)O.CC(=O)O.NCCNCCN.O=S(=O)(O)c1cc(N=C=S)ccc1C=CC1C=CC(N=C=S)=CC1S(=O)(=O)O.O=S(=O)(O)c1cc(N=C=S)ccc1C=Cc1ccc(N=C=S)cc1S(=O)(=O)O. The van der Waals surface area contributed by atoms with Crippen LogP contribution in [0.2, 0.25) is 0 Å². The third-order valence-electron chi connectivity index (χ3n) is 7.65. The molecular formula is C46H55N7O22S8. The van der Waals surface area contributed by atoms with Gasteiger partial charge in [0, 0.05) is 66.7 Å². The summed E-state index contributed by atoms with van der Waals surface area (Å²) < 4.78 is 131. The van der Waals surface area contributed by atoms with Crippen LogP contribution in [0.25, 0.3) is 18.2 Å². The predicted molar refractivity (Wildman–Crippen MR) is 319 cm³/mol. The fourth-order valence-corrected chi connectivity index (χ4v) is 8.40. The van der Waals surface area contributed by atoms with Gasteiger partial charge in [-0.25, -0.2) is 0 Å². The molecule has 29 nitrogen and oxygen atoms in total. The number of carboxylic acids is 5. The Morgan fingerprint density at radius 1 is 0.518 bits per heavy atom. The van der Waals surface area contributed by atoms with Crippen molar-refractivity contribution >= 4 is 175 Å². The number of rotatable bonds is 16. The maximum atomic E-state index is 11.7. The van der Waals surface area contributed by atoms with Crippen LogP contribution in [-0.2, 0) is 64.4 Å². The zero-order chi connectivity index (χ0) is 65.3. The molecule has 2 atom stereocenters. The maximum absolute atomic E-state index is 11.7. The Hall–Kier alpha value is -7.31. The molecule has 83 heavy (non-hydrogen) atoms. The Balaban J connectivity index is -0.000000523. The molecule has 0 saturated heterocycles. The summed E-state index contributed by atoms with van der Waals surface area (Å²) in [5.41, 5.74) is 11.2. The first-order valence-corrected chi connectivity index (χ1v) is 29.1. The van der Waals surface area contributed by atoms with Crippen LogP contribution < -0.4 is 16.8 Å². The van der Waals surface area contributed by atoms with Crippen LogP contribution in [0.1, 0.15) is 51.3 Å². The zero-order valence-electron chi connectivity index (χ0n) is 43.8. The van der Waals surface area contributed by atoms with Crippen molar-refractivity contribution in [2.75, 3.05) is 26.2 Å². The molecule has 454 valence electrons. The number of benzene rings is 3. The van der Waals surface area contributed by atoms with Gasteiger partial charge in [0.2, 0.25) is 0 Å². The predicted octanol–water partition coefficient (Wildman–Crippen LogP) is 5.88. The summed E-state index contributed by atoms with van der Waals surface area (Å²) in [6.07, 6.45) is 9.32. The Bertz CT molecular complexity index is 3320. The van der Waals surface area contributed by atoms with Gasteiger partial charge in [0.1, 0.15) is 19.9 Å². The van der Waals surface area contributed by atoms with Crippen LogP contribution in [0.4, 0.5) is 17.1 Å².